The monoisotopic (exact) mass is 449 g/mol. The number of anilines is 1. The molecule has 0 radical (unpaired) electrons. The van der Waals surface area contributed by atoms with E-state index in [0.29, 0.717) is 6.42 Å². The number of H-pyrrole nitrogens is 1. The van der Waals surface area contributed by atoms with E-state index >= 15 is 0 Å². The van der Waals surface area contributed by atoms with Crippen molar-refractivity contribution in [3.05, 3.63) is 65.4 Å². The van der Waals surface area contributed by atoms with Crippen LogP contribution in [0.2, 0.25) is 0 Å². The lowest BCUT2D eigenvalue weighted by Crippen LogP contribution is -2.57. The van der Waals surface area contributed by atoms with Crippen molar-refractivity contribution in [1.82, 2.24) is 10.3 Å². The van der Waals surface area contributed by atoms with Gasteiger partial charge in [-0.25, -0.2) is 9.59 Å². The standard InChI is InChI=1S/C27H35N3O3/c1-17(2)20-12-10-13-21(18(3)4)24(20)30(6)26(32)29-27(5,25(31)33-7)15-19-16-28-23-14-9-8-11-22(19)23/h8-14,16-18,28H,15H2,1-7H3,(H,29,32). The number of nitrogens with one attached hydrogen (secondary N) is 2. The largest absolute Gasteiger partial charge is 0.467 e. The molecule has 1 atom stereocenters. The summed E-state index contributed by atoms with van der Waals surface area (Å²) in [5.41, 5.74) is 3.75. The number of nitrogens with zero attached hydrogens (tertiary/aromatic N) is 1. The van der Waals surface area contributed by atoms with Crippen molar-refractivity contribution in [2.75, 3.05) is 19.1 Å². The van der Waals surface area contributed by atoms with Gasteiger partial charge in [-0.1, -0.05) is 64.1 Å². The number of aromatic amines is 1. The predicted octanol–water partition coefficient (Wildman–Crippen LogP) is 5.73. The lowest BCUT2D eigenvalue weighted by Gasteiger charge is -2.32. The molecule has 6 heteroatoms. The number of ether oxygens (including phenoxy) is 1. The van der Waals surface area contributed by atoms with E-state index in [-0.39, 0.29) is 17.9 Å². The van der Waals surface area contributed by atoms with Crippen LogP contribution in [0.15, 0.2) is 48.7 Å². The van der Waals surface area contributed by atoms with Crippen LogP contribution >= 0.6 is 0 Å². The number of methoxy groups -OCH3 is 1. The van der Waals surface area contributed by atoms with Gasteiger partial charge in [-0.15, -0.1) is 0 Å². The van der Waals surface area contributed by atoms with Crippen LogP contribution in [0.3, 0.4) is 0 Å². The molecule has 6 nitrogen and oxygen atoms in total. The van der Waals surface area contributed by atoms with Crippen LogP contribution < -0.4 is 10.2 Å². The van der Waals surface area contributed by atoms with Crippen molar-refractivity contribution in [2.45, 2.75) is 58.4 Å². The zero-order valence-electron chi connectivity index (χ0n) is 20.7. The normalized spacial score (nSPS) is 13.2. The number of fused-ring (bicyclic) bond motifs is 1. The van der Waals surface area contributed by atoms with Crippen molar-refractivity contribution in [1.29, 1.82) is 0 Å². The van der Waals surface area contributed by atoms with Crippen LogP contribution in [0.1, 0.15) is 63.1 Å². The van der Waals surface area contributed by atoms with Gasteiger partial charge in [-0.05, 0) is 41.5 Å². The zero-order chi connectivity index (χ0) is 24.3. The Kier molecular flexibility index (Phi) is 7.15. The number of hydrogen-bond donors (Lipinski definition) is 2. The number of benzene rings is 2. The molecule has 0 aliphatic rings. The minimum atomic E-state index is -1.24. The zero-order valence-corrected chi connectivity index (χ0v) is 20.7. The van der Waals surface area contributed by atoms with Gasteiger partial charge in [0.05, 0.1) is 12.8 Å². The summed E-state index contributed by atoms with van der Waals surface area (Å²) < 4.78 is 5.10. The maximum atomic E-state index is 13.5. The predicted molar refractivity (Wildman–Crippen MR) is 134 cm³/mol. The third-order valence-electron chi connectivity index (χ3n) is 6.22. The Morgan fingerprint density at radius 3 is 2.21 bits per heavy atom. The van der Waals surface area contributed by atoms with Gasteiger partial charge in [-0.2, -0.15) is 0 Å². The Labute approximate surface area is 196 Å². The lowest BCUT2D eigenvalue weighted by atomic mass is 9.91. The Bertz CT molecular complexity index is 1120. The van der Waals surface area contributed by atoms with Crippen molar-refractivity contribution in [3.8, 4) is 0 Å². The van der Waals surface area contributed by atoms with Crippen LogP contribution in [-0.4, -0.2) is 36.7 Å². The molecule has 2 aromatic carbocycles. The van der Waals surface area contributed by atoms with Gasteiger partial charge >= 0.3 is 12.0 Å². The van der Waals surface area contributed by atoms with E-state index < -0.39 is 11.5 Å². The third kappa shape index (κ3) is 4.90. The number of rotatable bonds is 7. The van der Waals surface area contributed by atoms with Gasteiger partial charge in [-0.3, -0.25) is 4.90 Å². The summed E-state index contributed by atoms with van der Waals surface area (Å²) in [6, 6.07) is 13.7. The summed E-state index contributed by atoms with van der Waals surface area (Å²) >= 11 is 0. The topological polar surface area (TPSA) is 74.4 Å². The first-order valence-electron chi connectivity index (χ1n) is 11.4. The second-order valence-electron chi connectivity index (χ2n) is 9.44. The SMILES string of the molecule is COC(=O)C(C)(Cc1c[nH]c2ccccc12)NC(=O)N(C)c1c(C(C)C)cccc1C(C)C. The Hall–Kier alpha value is -3.28. The van der Waals surface area contributed by atoms with Crippen LogP contribution in [0.25, 0.3) is 10.9 Å². The first-order valence-corrected chi connectivity index (χ1v) is 11.4. The summed E-state index contributed by atoms with van der Waals surface area (Å²) in [5.74, 6) is -0.00455. The fraction of sp³-hybridized carbons (Fsp3) is 0.407. The highest BCUT2D eigenvalue weighted by molar-refractivity contribution is 5.97. The summed E-state index contributed by atoms with van der Waals surface area (Å²) in [6.45, 7) is 10.2. The molecule has 0 bridgehead atoms. The number of esters is 1. The Morgan fingerprint density at radius 1 is 1.03 bits per heavy atom. The molecule has 0 aliphatic carbocycles. The van der Waals surface area contributed by atoms with Gasteiger partial charge in [0.25, 0.3) is 0 Å². The molecule has 0 saturated heterocycles. The average molecular weight is 450 g/mol. The van der Waals surface area contributed by atoms with Gasteiger partial charge < -0.3 is 15.0 Å². The number of para-hydroxylation sites is 2. The molecule has 2 N–H and O–H groups in total. The molecule has 3 aromatic rings. The van der Waals surface area contributed by atoms with E-state index in [1.54, 1.807) is 18.9 Å². The number of amides is 2. The highest BCUT2D eigenvalue weighted by Gasteiger charge is 2.38. The summed E-state index contributed by atoms with van der Waals surface area (Å²) in [6.07, 6.45) is 2.18. The third-order valence-corrected chi connectivity index (χ3v) is 6.22. The molecule has 1 heterocycles. The van der Waals surface area contributed by atoms with E-state index in [0.717, 1.165) is 33.3 Å². The molecular weight excluding hydrogens is 414 g/mol. The first kappa shape index (κ1) is 24.4. The van der Waals surface area contributed by atoms with E-state index in [1.807, 2.05) is 36.5 Å². The molecular formula is C27H35N3O3. The fourth-order valence-electron chi connectivity index (χ4n) is 4.37. The van der Waals surface area contributed by atoms with Gasteiger partial charge in [0.1, 0.15) is 5.54 Å². The number of urea groups is 1. The molecule has 1 unspecified atom stereocenters. The average Bonchev–Trinajstić information content (AvgIpc) is 3.19. The number of aromatic nitrogens is 1. The van der Waals surface area contributed by atoms with Crippen LogP contribution in [-0.2, 0) is 16.0 Å². The molecule has 0 spiro atoms. The van der Waals surface area contributed by atoms with Crippen LogP contribution in [0, 0.1) is 0 Å². The molecule has 0 fully saturated rings. The maximum Gasteiger partial charge on any atom is 0.331 e. The molecule has 2 amide bonds. The van der Waals surface area contributed by atoms with E-state index in [1.165, 1.54) is 7.11 Å². The van der Waals surface area contributed by atoms with Crippen LogP contribution in [0.4, 0.5) is 10.5 Å². The number of hydrogen-bond acceptors (Lipinski definition) is 3. The minimum absolute atomic E-state index is 0.243. The second-order valence-corrected chi connectivity index (χ2v) is 9.44. The molecule has 0 aliphatic heterocycles. The molecule has 176 valence electrons. The van der Waals surface area contributed by atoms with Crippen molar-refractivity contribution in [2.24, 2.45) is 0 Å². The van der Waals surface area contributed by atoms with E-state index in [9.17, 15) is 9.59 Å². The highest BCUT2D eigenvalue weighted by atomic mass is 16.5. The molecule has 1 aromatic heterocycles. The highest BCUT2D eigenvalue weighted by Crippen LogP contribution is 2.35. The van der Waals surface area contributed by atoms with E-state index in [4.69, 9.17) is 4.74 Å². The molecule has 3 rings (SSSR count). The minimum Gasteiger partial charge on any atom is -0.467 e. The smallest absolute Gasteiger partial charge is 0.331 e. The fourth-order valence-corrected chi connectivity index (χ4v) is 4.37. The first-order chi connectivity index (χ1) is 15.6. The van der Waals surface area contributed by atoms with Crippen molar-refractivity contribution < 1.29 is 14.3 Å². The van der Waals surface area contributed by atoms with E-state index in [2.05, 4.69) is 50.1 Å². The summed E-state index contributed by atoms with van der Waals surface area (Å²) in [5, 5.41) is 3.99. The van der Waals surface area contributed by atoms with Crippen LogP contribution in [0.5, 0.6) is 0 Å². The van der Waals surface area contributed by atoms with Crippen molar-refractivity contribution in [3.63, 3.8) is 0 Å². The van der Waals surface area contributed by atoms with Gasteiger partial charge in [0.15, 0.2) is 0 Å². The summed E-state index contributed by atoms with van der Waals surface area (Å²) in [7, 11) is 3.10. The second kappa shape index (κ2) is 9.69. The molecule has 0 saturated carbocycles. The summed E-state index contributed by atoms with van der Waals surface area (Å²) in [4.78, 5) is 31.3. The molecule has 33 heavy (non-hydrogen) atoms. The Balaban J connectivity index is 1.96. The maximum absolute atomic E-state index is 13.5. The number of carbonyl (C=O) groups excluding carboxylic acids is 2. The number of carbonyl (C=O) groups is 2. The quantitative estimate of drug-likeness (QED) is 0.452. The Morgan fingerprint density at radius 2 is 1.64 bits per heavy atom. The lowest BCUT2D eigenvalue weighted by molar-refractivity contribution is -0.147. The van der Waals surface area contributed by atoms with Gasteiger partial charge in [0, 0.05) is 30.6 Å². The van der Waals surface area contributed by atoms with Crippen molar-refractivity contribution >= 4 is 28.6 Å². The van der Waals surface area contributed by atoms with Gasteiger partial charge in [0.2, 0.25) is 0 Å².